The maximum atomic E-state index is 9.66. The van der Waals surface area contributed by atoms with Crippen LogP contribution in [0.4, 0.5) is 5.69 Å². The fourth-order valence-corrected chi connectivity index (χ4v) is 2.97. The average molecular weight is 334 g/mol. The van der Waals surface area contributed by atoms with Crippen LogP contribution < -0.4 is 4.90 Å². The molecule has 0 unspecified atom stereocenters. The molecule has 0 aromatic heterocycles. The quantitative estimate of drug-likeness (QED) is 0.893. The number of halogens is 1. The van der Waals surface area contributed by atoms with Crippen molar-refractivity contribution in [2.45, 2.75) is 26.5 Å². The molecular weight excluding hydrogens is 314 g/mol. The molecule has 2 nitrogen and oxygen atoms in total. The third-order valence-electron chi connectivity index (χ3n) is 3.38. The van der Waals surface area contributed by atoms with Crippen molar-refractivity contribution in [3.8, 4) is 0 Å². The molecular formula is C17H20BrNO. The first-order valence-electron chi connectivity index (χ1n) is 6.71. The number of hydrogen-bond acceptors (Lipinski definition) is 2. The summed E-state index contributed by atoms with van der Waals surface area (Å²) in [5, 5.41) is 9.66. The summed E-state index contributed by atoms with van der Waals surface area (Å²) in [6, 6.07) is 14.6. The molecule has 0 aliphatic carbocycles. The lowest BCUT2D eigenvalue weighted by Crippen LogP contribution is -2.16. The normalized spacial score (nSPS) is 12.2. The highest BCUT2D eigenvalue weighted by Gasteiger charge is 2.09. The van der Waals surface area contributed by atoms with E-state index in [1.807, 2.05) is 12.1 Å². The monoisotopic (exact) mass is 333 g/mol. The minimum absolute atomic E-state index is 0.458. The molecule has 2 aromatic carbocycles. The van der Waals surface area contributed by atoms with E-state index < -0.39 is 6.10 Å². The van der Waals surface area contributed by atoms with Crippen molar-refractivity contribution in [2.75, 3.05) is 11.9 Å². The number of rotatable bonds is 4. The third kappa shape index (κ3) is 3.62. The molecule has 0 heterocycles. The van der Waals surface area contributed by atoms with Gasteiger partial charge in [-0.15, -0.1) is 0 Å². The Kier molecular flexibility index (Phi) is 4.84. The molecule has 20 heavy (non-hydrogen) atoms. The van der Waals surface area contributed by atoms with Gasteiger partial charge in [-0.2, -0.15) is 0 Å². The van der Waals surface area contributed by atoms with Gasteiger partial charge in [0.05, 0.1) is 6.10 Å². The summed E-state index contributed by atoms with van der Waals surface area (Å²) >= 11 is 3.53. The molecule has 3 heteroatoms. The smallest absolute Gasteiger partial charge is 0.0772 e. The summed E-state index contributed by atoms with van der Waals surface area (Å²) in [6.45, 7) is 4.75. The first-order chi connectivity index (χ1) is 9.47. The predicted molar refractivity (Wildman–Crippen MR) is 88.1 cm³/mol. The fraction of sp³-hybridized carbons (Fsp3) is 0.294. The maximum absolute atomic E-state index is 9.66. The lowest BCUT2D eigenvalue weighted by molar-refractivity contribution is 0.198. The first-order valence-corrected chi connectivity index (χ1v) is 7.51. The molecule has 0 bridgehead atoms. The Morgan fingerprint density at radius 2 is 1.95 bits per heavy atom. The Morgan fingerprint density at radius 3 is 2.55 bits per heavy atom. The number of benzene rings is 2. The highest BCUT2D eigenvalue weighted by molar-refractivity contribution is 9.10. The summed E-state index contributed by atoms with van der Waals surface area (Å²) in [6.07, 6.45) is -0.458. The van der Waals surface area contributed by atoms with Gasteiger partial charge in [0, 0.05) is 23.8 Å². The van der Waals surface area contributed by atoms with Crippen LogP contribution in [-0.4, -0.2) is 12.2 Å². The molecule has 0 fully saturated rings. The van der Waals surface area contributed by atoms with Gasteiger partial charge in [-0.05, 0) is 37.1 Å². The predicted octanol–water partition coefficient (Wildman–Crippen LogP) is 4.45. The lowest BCUT2D eigenvalue weighted by atomic mass is 10.1. The zero-order chi connectivity index (χ0) is 14.7. The summed E-state index contributed by atoms with van der Waals surface area (Å²) in [5.74, 6) is 0. The maximum Gasteiger partial charge on any atom is 0.0772 e. The van der Waals surface area contributed by atoms with Crippen LogP contribution in [0.2, 0.25) is 0 Å². The standard InChI is InChI=1S/C17H20BrNO/c1-12-5-4-6-14(9-12)11-19(3)15-7-8-16(13(2)20)17(18)10-15/h4-10,13,20H,11H2,1-3H3/t13-/m0/s1. The van der Waals surface area contributed by atoms with Crippen LogP contribution in [0.1, 0.15) is 29.7 Å². The first kappa shape index (κ1) is 15.1. The molecule has 2 aromatic rings. The van der Waals surface area contributed by atoms with Crippen LogP contribution in [-0.2, 0) is 6.54 Å². The van der Waals surface area contributed by atoms with Crippen molar-refractivity contribution in [3.05, 3.63) is 63.6 Å². The van der Waals surface area contributed by atoms with Crippen molar-refractivity contribution in [2.24, 2.45) is 0 Å². The van der Waals surface area contributed by atoms with Gasteiger partial charge in [-0.3, -0.25) is 0 Å². The highest BCUT2D eigenvalue weighted by Crippen LogP contribution is 2.28. The number of hydrogen-bond donors (Lipinski definition) is 1. The Bertz CT molecular complexity index is 595. The van der Waals surface area contributed by atoms with E-state index in [1.54, 1.807) is 6.92 Å². The highest BCUT2D eigenvalue weighted by atomic mass is 79.9. The number of aryl methyl sites for hydroxylation is 1. The number of aliphatic hydroxyl groups is 1. The molecule has 0 spiro atoms. The second-order valence-electron chi connectivity index (χ2n) is 5.23. The molecule has 2 rings (SSSR count). The molecule has 1 atom stereocenters. The van der Waals surface area contributed by atoms with Crippen molar-refractivity contribution in [1.82, 2.24) is 0 Å². The van der Waals surface area contributed by atoms with E-state index in [9.17, 15) is 5.11 Å². The second-order valence-corrected chi connectivity index (χ2v) is 6.08. The minimum atomic E-state index is -0.458. The zero-order valence-electron chi connectivity index (χ0n) is 12.1. The van der Waals surface area contributed by atoms with E-state index in [-0.39, 0.29) is 0 Å². The second kappa shape index (κ2) is 6.42. The fourth-order valence-electron chi connectivity index (χ4n) is 2.27. The van der Waals surface area contributed by atoms with Crippen molar-refractivity contribution in [1.29, 1.82) is 0 Å². The Labute approximate surface area is 129 Å². The lowest BCUT2D eigenvalue weighted by Gasteiger charge is -2.21. The Morgan fingerprint density at radius 1 is 1.20 bits per heavy atom. The van der Waals surface area contributed by atoms with E-state index in [0.29, 0.717) is 0 Å². The van der Waals surface area contributed by atoms with Crippen molar-refractivity contribution < 1.29 is 5.11 Å². The van der Waals surface area contributed by atoms with Gasteiger partial charge < -0.3 is 10.0 Å². The van der Waals surface area contributed by atoms with E-state index in [1.165, 1.54) is 11.1 Å². The van der Waals surface area contributed by atoms with Crippen molar-refractivity contribution >= 4 is 21.6 Å². The molecule has 0 aliphatic heterocycles. The van der Waals surface area contributed by atoms with Gasteiger partial charge in [0.25, 0.3) is 0 Å². The van der Waals surface area contributed by atoms with Crippen LogP contribution in [0, 0.1) is 6.92 Å². The van der Waals surface area contributed by atoms with Gasteiger partial charge in [-0.25, -0.2) is 0 Å². The Balaban J connectivity index is 2.17. The molecule has 0 saturated carbocycles. The van der Waals surface area contributed by atoms with Gasteiger partial charge in [0.1, 0.15) is 0 Å². The largest absolute Gasteiger partial charge is 0.389 e. The van der Waals surface area contributed by atoms with Crippen LogP contribution >= 0.6 is 15.9 Å². The van der Waals surface area contributed by atoms with E-state index >= 15 is 0 Å². The third-order valence-corrected chi connectivity index (χ3v) is 4.06. The van der Waals surface area contributed by atoms with Crippen LogP contribution in [0.5, 0.6) is 0 Å². The summed E-state index contributed by atoms with van der Waals surface area (Å²) in [5.41, 5.74) is 4.62. The number of aliphatic hydroxyl groups excluding tert-OH is 1. The van der Waals surface area contributed by atoms with Gasteiger partial charge >= 0.3 is 0 Å². The zero-order valence-corrected chi connectivity index (χ0v) is 13.7. The van der Waals surface area contributed by atoms with Crippen LogP contribution in [0.15, 0.2) is 46.9 Å². The van der Waals surface area contributed by atoms with E-state index in [0.717, 1.165) is 22.3 Å². The van der Waals surface area contributed by atoms with Gasteiger partial charge in [0.2, 0.25) is 0 Å². The molecule has 0 amide bonds. The summed E-state index contributed by atoms with van der Waals surface area (Å²) in [4.78, 5) is 2.20. The van der Waals surface area contributed by atoms with Crippen LogP contribution in [0.25, 0.3) is 0 Å². The van der Waals surface area contributed by atoms with E-state index in [4.69, 9.17) is 0 Å². The number of anilines is 1. The number of nitrogens with zero attached hydrogens (tertiary/aromatic N) is 1. The van der Waals surface area contributed by atoms with Gasteiger partial charge in [0.15, 0.2) is 0 Å². The van der Waals surface area contributed by atoms with Gasteiger partial charge in [-0.1, -0.05) is 51.8 Å². The topological polar surface area (TPSA) is 23.5 Å². The summed E-state index contributed by atoms with van der Waals surface area (Å²) < 4.78 is 0.945. The summed E-state index contributed by atoms with van der Waals surface area (Å²) in [7, 11) is 2.08. The average Bonchev–Trinajstić information content (AvgIpc) is 2.38. The van der Waals surface area contributed by atoms with Crippen LogP contribution in [0.3, 0.4) is 0 Å². The molecule has 0 radical (unpaired) electrons. The molecule has 0 saturated heterocycles. The van der Waals surface area contributed by atoms with Crippen molar-refractivity contribution in [3.63, 3.8) is 0 Å². The Hall–Kier alpha value is -1.32. The molecule has 106 valence electrons. The van der Waals surface area contributed by atoms with E-state index in [2.05, 4.69) is 65.1 Å². The molecule has 1 N–H and O–H groups in total. The SMILES string of the molecule is Cc1cccc(CN(C)c2ccc([C@H](C)O)c(Br)c2)c1. The minimum Gasteiger partial charge on any atom is -0.389 e. The molecule has 0 aliphatic rings.